The lowest BCUT2D eigenvalue weighted by Gasteiger charge is -2.15. The Bertz CT molecular complexity index is 736. The summed E-state index contributed by atoms with van der Waals surface area (Å²) in [5, 5.41) is 0.508. The maximum atomic E-state index is 12.3. The molecule has 2 heterocycles. The van der Waals surface area contributed by atoms with Crippen LogP contribution in [0.3, 0.4) is 0 Å². The highest BCUT2D eigenvalue weighted by Gasteiger charge is 2.26. The van der Waals surface area contributed by atoms with Crippen molar-refractivity contribution in [2.75, 3.05) is 33.0 Å². The van der Waals surface area contributed by atoms with E-state index in [0.29, 0.717) is 10.6 Å². The van der Waals surface area contributed by atoms with Crippen molar-refractivity contribution in [1.29, 1.82) is 0 Å². The molecule has 0 unspecified atom stereocenters. The normalized spacial score (nSPS) is 14.8. The lowest BCUT2D eigenvalue weighted by molar-refractivity contribution is 0.0603. The summed E-state index contributed by atoms with van der Waals surface area (Å²) < 4.78 is 10.3. The van der Waals surface area contributed by atoms with Gasteiger partial charge in [-0.05, 0) is 43.6 Å². The van der Waals surface area contributed by atoms with Gasteiger partial charge in [-0.3, -0.25) is 4.90 Å². The van der Waals surface area contributed by atoms with Gasteiger partial charge in [0.25, 0.3) is 0 Å². The number of nitrogens with zero attached hydrogens (tertiary/aromatic N) is 1. The number of rotatable bonds is 5. The number of hydrogen-bond acceptors (Lipinski definition) is 6. The average molecular weight is 346 g/mol. The van der Waals surface area contributed by atoms with Crippen molar-refractivity contribution in [3.05, 3.63) is 34.7 Å². The first-order chi connectivity index (χ1) is 11.6. The largest absolute Gasteiger partial charge is 0.497 e. The van der Waals surface area contributed by atoms with Crippen molar-refractivity contribution in [3.63, 3.8) is 0 Å². The Morgan fingerprint density at radius 1 is 1.29 bits per heavy atom. The van der Waals surface area contributed by atoms with E-state index in [0.717, 1.165) is 41.4 Å². The summed E-state index contributed by atoms with van der Waals surface area (Å²) in [6, 6.07) is 7.71. The average Bonchev–Trinajstić information content (AvgIpc) is 3.22. The number of likely N-dealkylation sites (tertiary alicyclic amines) is 1. The van der Waals surface area contributed by atoms with Gasteiger partial charge < -0.3 is 15.2 Å². The van der Waals surface area contributed by atoms with Crippen molar-refractivity contribution in [2.45, 2.75) is 19.4 Å². The fourth-order valence-corrected chi connectivity index (χ4v) is 4.26. The molecule has 6 heteroatoms. The van der Waals surface area contributed by atoms with Gasteiger partial charge in [-0.15, -0.1) is 11.3 Å². The van der Waals surface area contributed by atoms with Crippen LogP contribution in [0.15, 0.2) is 24.3 Å². The summed E-state index contributed by atoms with van der Waals surface area (Å²) >= 11 is 1.47. The van der Waals surface area contributed by atoms with E-state index in [2.05, 4.69) is 4.90 Å². The van der Waals surface area contributed by atoms with Gasteiger partial charge in [0.15, 0.2) is 0 Å². The fourth-order valence-electron chi connectivity index (χ4n) is 3.14. The molecular weight excluding hydrogens is 324 g/mol. The van der Waals surface area contributed by atoms with Crippen LogP contribution >= 0.6 is 11.3 Å². The van der Waals surface area contributed by atoms with Gasteiger partial charge in [0, 0.05) is 17.0 Å². The lowest BCUT2D eigenvalue weighted by atomic mass is 10.0. The first kappa shape index (κ1) is 16.8. The molecule has 0 saturated carbocycles. The molecule has 0 amide bonds. The molecule has 3 rings (SSSR count). The molecule has 128 valence electrons. The number of benzene rings is 1. The highest BCUT2D eigenvalue weighted by molar-refractivity contribution is 7.17. The Hall–Kier alpha value is -2.05. The summed E-state index contributed by atoms with van der Waals surface area (Å²) in [7, 11) is 3.02. The third-order valence-corrected chi connectivity index (χ3v) is 5.33. The summed E-state index contributed by atoms with van der Waals surface area (Å²) in [6.45, 7) is 2.98. The molecule has 0 aliphatic carbocycles. The van der Waals surface area contributed by atoms with E-state index in [9.17, 15) is 4.79 Å². The molecule has 1 saturated heterocycles. The molecular formula is C18H22N2O3S. The molecule has 0 bridgehead atoms. The molecule has 0 spiro atoms. The number of anilines is 1. The van der Waals surface area contributed by atoms with Gasteiger partial charge in [0.2, 0.25) is 0 Å². The van der Waals surface area contributed by atoms with Crippen LogP contribution in [-0.2, 0) is 11.3 Å². The van der Waals surface area contributed by atoms with Crippen molar-refractivity contribution < 1.29 is 14.3 Å². The molecule has 2 N–H and O–H groups in total. The van der Waals surface area contributed by atoms with E-state index in [1.165, 1.54) is 31.3 Å². The van der Waals surface area contributed by atoms with Crippen molar-refractivity contribution in [2.24, 2.45) is 0 Å². The van der Waals surface area contributed by atoms with Gasteiger partial charge in [0.05, 0.1) is 14.2 Å². The van der Waals surface area contributed by atoms with Gasteiger partial charge in [0.1, 0.15) is 16.3 Å². The predicted octanol–water partition coefficient (Wildman–Crippen LogP) is 3.39. The molecule has 1 fully saturated rings. The number of ether oxygens (including phenoxy) is 2. The maximum Gasteiger partial charge on any atom is 0.341 e. The Kier molecular flexibility index (Phi) is 5.06. The zero-order valence-corrected chi connectivity index (χ0v) is 14.8. The number of carbonyl (C=O) groups is 1. The molecule has 2 aromatic rings. The van der Waals surface area contributed by atoms with Gasteiger partial charge in [-0.2, -0.15) is 0 Å². The Balaban J connectivity index is 2.09. The van der Waals surface area contributed by atoms with Crippen LogP contribution in [0.25, 0.3) is 11.1 Å². The smallest absolute Gasteiger partial charge is 0.341 e. The van der Waals surface area contributed by atoms with Crippen molar-refractivity contribution >= 4 is 22.3 Å². The molecule has 1 aliphatic rings. The summed E-state index contributed by atoms with van der Waals surface area (Å²) in [4.78, 5) is 15.8. The summed E-state index contributed by atoms with van der Waals surface area (Å²) in [5.41, 5.74) is 8.43. The van der Waals surface area contributed by atoms with Gasteiger partial charge >= 0.3 is 5.97 Å². The minimum absolute atomic E-state index is 0.394. The molecule has 5 nitrogen and oxygen atoms in total. The van der Waals surface area contributed by atoms with E-state index in [-0.39, 0.29) is 0 Å². The predicted molar refractivity (Wildman–Crippen MR) is 96.6 cm³/mol. The van der Waals surface area contributed by atoms with E-state index in [1.807, 2.05) is 24.3 Å². The van der Waals surface area contributed by atoms with E-state index >= 15 is 0 Å². The second-order valence-corrected chi connectivity index (χ2v) is 6.98. The quantitative estimate of drug-likeness (QED) is 0.841. The minimum atomic E-state index is -0.394. The molecule has 24 heavy (non-hydrogen) atoms. The van der Waals surface area contributed by atoms with Crippen LogP contribution in [0.4, 0.5) is 5.00 Å². The number of nitrogens with two attached hydrogens (primary N) is 1. The van der Waals surface area contributed by atoms with E-state index in [1.54, 1.807) is 7.11 Å². The number of carbonyl (C=O) groups excluding carboxylic acids is 1. The Labute approximate surface area is 146 Å². The van der Waals surface area contributed by atoms with Crippen LogP contribution in [0.5, 0.6) is 5.75 Å². The minimum Gasteiger partial charge on any atom is -0.497 e. The highest BCUT2D eigenvalue weighted by Crippen LogP contribution is 2.41. The summed E-state index contributed by atoms with van der Waals surface area (Å²) in [5.74, 6) is 0.356. The van der Waals surface area contributed by atoms with Crippen LogP contribution in [0.1, 0.15) is 28.1 Å². The SMILES string of the molecule is COC(=O)c1c(N)sc(CN2CCCC2)c1-c1cccc(OC)c1. The van der Waals surface area contributed by atoms with Crippen molar-refractivity contribution in [3.8, 4) is 16.9 Å². The van der Waals surface area contributed by atoms with Crippen LogP contribution < -0.4 is 10.5 Å². The number of esters is 1. The topological polar surface area (TPSA) is 64.8 Å². The molecule has 0 atom stereocenters. The molecule has 1 aliphatic heterocycles. The van der Waals surface area contributed by atoms with Gasteiger partial charge in [-0.1, -0.05) is 12.1 Å². The lowest BCUT2D eigenvalue weighted by Crippen LogP contribution is -2.18. The van der Waals surface area contributed by atoms with Crippen LogP contribution in [0.2, 0.25) is 0 Å². The first-order valence-electron chi connectivity index (χ1n) is 8.00. The van der Waals surface area contributed by atoms with Gasteiger partial charge in [-0.25, -0.2) is 4.79 Å². The molecule has 1 aromatic carbocycles. The maximum absolute atomic E-state index is 12.3. The first-order valence-corrected chi connectivity index (χ1v) is 8.82. The number of thiophene rings is 1. The number of methoxy groups -OCH3 is 2. The second kappa shape index (κ2) is 7.23. The van der Waals surface area contributed by atoms with E-state index < -0.39 is 5.97 Å². The van der Waals surface area contributed by atoms with Crippen LogP contribution in [0, 0.1) is 0 Å². The van der Waals surface area contributed by atoms with E-state index in [4.69, 9.17) is 15.2 Å². The monoisotopic (exact) mass is 346 g/mol. The highest BCUT2D eigenvalue weighted by atomic mass is 32.1. The third-order valence-electron chi connectivity index (χ3n) is 4.32. The van der Waals surface area contributed by atoms with Crippen LogP contribution in [-0.4, -0.2) is 38.2 Å². The fraction of sp³-hybridized carbons (Fsp3) is 0.389. The molecule has 0 radical (unpaired) electrons. The summed E-state index contributed by atoms with van der Waals surface area (Å²) in [6.07, 6.45) is 2.44. The standard InChI is InChI=1S/C18H22N2O3S/c1-22-13-7-5-6-12(10-13)15-14(11-20-8-3-4-9-20)24-17(19)16(15)18(21)23-2/h5-7,10H,3-4,8-9,11,19H2,1-2H3. The second-order valence-electron chi connectivity index (χ2n) is 5.85. The zero-order valence-electron chi connectivity index (χ0n) is 14.0. The van der Waals surface area contributed by atoms with Crippen molar-refractivity contribution in [1.82, 2.24) is 4.90 Å². The Morgan fingerprint density at radius 2 is 2.04 bits per heavy atom. The Morgan fingerprint density at radius 3 is 2.71 bits per heavy atom. The third kappa shape index (κ3) is 3.25. The number of hydrogen-bond donors (Lipinski definition) is 1. The number of nitrogen functional groups attached to an aromatic ring is 1. The zero-order chi connectivity index (χ0) is 17.1. The molecule has 1 aromatic heterocycles.